The van der Waals surface area contributed by atoms with E-state index in [1.165, 1.54) is 24.0 Å². The van der Waals surface area contributed by atoms with Gasteiger partial charge in [-0.2, -0.15) is 0 Å². The van der Waals surface area contributed by atoms with Crippen molar-refractivity contribution >= 4 is 23.4 Å². The number of carbonyl (C=O) groups excluding carboxylic acids is 4. The van der Waals surface area contributed by atoms with Crippen molar-refractivity contribution in [3.8, 4) is 0 Å². The van der Waals surface area contributed by atoms with Crippen LogP contribution in [0.25, 0.3) is 0 Å². The monoisotopic (exact) mass is 553 g/mol. The molecule has 220 valence electrons. The number of fused-ring (bicyclic) bond motifs is 5. The van der Waals surface area contributed by atoms with Crippen molar-refractivity contribution < 1.29 is 29.0 Å². The molecule has 0 aliphatic heterocycles. The highest BCUT2D eigenvalue weighted by molar-refractivity contribution is 5.92. The van der Waals surface area contributed by atoms with Crippen molar-refractivity contribution in [2.45, 2.75) is 116 Å². The summed E-state index contributed by atoms with van der Waals surface area (Å²) in [6.07, 6.45) is 15.9. The summed E-state index contributed by atoms with van der Waals surface area (Å²) in [6.45, 7) is 4.51. The van der Waals surface area contributed by atoms with Crippen LogP contribution in [0.15, 0.2) is 23.3 Å². The molecule has 0 unspecified atom stereocenters. The first-order valence-corrected chi connectivity index (χ1v) is 15.7. The predicted octanol–water partition coefficient (Wildman–Crippen LogP) is 5.15. The van der Waals surface area contributed by atoms with Gasteiger partial charge in [0.15, 0.2) is 12.4 Å². The molecule has 5 aliphatic rings. The van der Waals surface area contributed by atoms with Gasteiger partial charge in [-0.05, 0) is 106 Å². The number of hydrogen-bond donors (Lipinski definition) is 2. The Hall–Kier alpha value is -2.28. The molecule has 6 atom stereocenters. The molecule has 0 aromatic carbocycles. The minimum Gasteiger partial charge on any atom is -0.458 e. The average molecular weight is 554 g/mol. The lowest BCUT2D eigenvalue weighted by Crippen LogP contribution is -2.58. The fourth-order valence-corrected chi connectivity index (χ4v) is 9.17. The van der Waals surface area contributed by atoms with Crippen LogP contribution in [0.4, 0.5) is 0 Å². The maximum absolute atomic E-state index is 13.4. The molecule has 40 heavy (non-hydrogen) atoms. The maximum atomic E-state index is 13.4. The molecule has 3 fully saturated rings. The Bertz CT molecular complexity index is 1110. The Kier molecular flexibility index (Phi) is 8.43. The largest absolute Gasteiger partial charge is 0.458 e. The minimum atomic E-state index is -1.51. The number of ether oxygens (including phenoxy) is 1. The molecule has 3 saturated carbocycles. The van der Waals surface area contributed by atoms with Crippen molar-refractivity contribution in [3.05, 3.63) is 23.3 Å². The van der Waals surface area contributed by atoms with Crippen LogP contribution in [0.1, 0.15) is 110 Å². The normalized spacial score (nSPS) is 36.9. The lowest BCUT2D eigenvalue weighted by Gasteiger charge is -2.58. The first kappa shape index (κ1) is 29.2. The Morgan fingerprint density at radius 1 is 1.00 bits per heavy atom. The fourth-order valence-electron chi connectivity index (χ4n) is 9.17. The van der Waals surface area contributed by atoms with E-state index in [9.17, 15) is 24.3 Å². The second-order valence-corrected chi connectivity index (χ2v) is 13.6. The van der Waals surface area contributed by atoms with E-state index in [1.807, 2.05) is 6.08 Å². The third-order valence-corrected chi connectivity index (χ3v) is 11.6. The molecule has 0 heterocycles. The van der Waals surface area contributed by atoms with E-state index in [0.29, 0.717) is 31.2 Å². The average Bonchev–Trinajstić information content (AvgIpc) is 3.23. The summed E-state index contributed by atoms with van der Waals surface area (Å²) in [4.78, 5) is 50.0. The molecule has 0 aromatic rings. The number of Topliss-reactive ketones (excluding diaryl/α,β-unsaturated/α-hetero) is 1. The standard InChI is InChI=1S/C33H47NO6/c1-31-16-12-24(35)20-23(31)8-9-25-26(31)13-17-32(2)27(25)14-18-33(32,39)28(36)21-40-30(38)11-10-29(37)34-19-15-22-6-4-3-5-7-22/h6,20,25-27,39H,3-5,7-19,21H2,1-2H3,(H,34,37)/t25-,26+,27-,31+,32+,33+/m1/s1. The van der Waals surface area contributed by atoms with E-state index in [0.717, 1.165) is 57.8 Å². The molecule has 7 heteroatoms. The summed E-state index contributed by atoms with van der Waals surface area (Å²) in [5, 5.41) is 14.7. The molecular weight excluding hydrogens is 506 g/mol. The number of amides is 1. The van der Waals surface area contributed by atoms with E-state index in [2.05, 4.69) is 25.2 Å². The molecule has 5 rings (SSSR count). The van der Waals surface area contributed by atoms with Crippen molar-refractivity contribution in [2.75, 3.05) is 13.2 Å². The maximum Gasteiger partial charge on any atom is 0.306 e. The smallest absolute Gasteiger partial charge is 0.306 e. The Labute approximate surface area is 238 Å². The van der Waals surface area contributed by atoms with Crippen LogP contribution in [0.5, 0.6) is 0 Å². The minimum absolute atomic E-state index is 0.0278. The zero-order valence-electron chi connectivity index (χ0n) is 24.4. The number of rotatable bonds is 9. The van der Waals surface area contributed by atoms with Gasteiger partial charge < -0.3 is 15.2 Å². The van der Waals surface area contributed by atoms with Gasteiger partial charge in [-0.25, -0.2) is 0 Å². The highest BCUT2D eigenvalue weighted by Crippen LogP contribution is 2.67. The van der Waals surface area contributed by atoms with Crippen molar-refractivity contribution in [1.82, 2.24) is 5.32 Å². The van der Waals surface area contributed by atoms with Crippen LogP contribution in [-0.4, -0.2) is 47.3 Å². The molecule has 0 saturated heterocycles. The molecule has 7 nitrogen and oxygen atoms in total. The van der Waals surface area contributed by atoms with Gasteiger partial charge in [-0.3, -0.25) is 19.2 Å². The Morgan fingerprint density at radius 3 is 2.58 bits per heavy atom. The highest BCUT2D eigenvalue weighted by Gasteiger charge is 2.66. The first-order chi connectivity index (χ1) is 19.1. The van der Waals surface area contributed by atoms with Gasteiger partial charge in [0.2, 0.25) is 11.7 Å². The second kappa shape index (κ2) is 11.5. The van der Waals surface area contributed by atoms with E-state index < -0.39 is 29.4 Å². The molecule has 1 amide bonds. The molecule has 0 spiro atoms. The number of carbonyl (C=O) groups is 4. The van der Waals surface area contributed by atoms with Gasteiger partial charge in [-0.1, -0.05) is 31.1 Å². The molecule has 0 bridgehead atoms. The van der Waals surface area contributed by atoms with Gasteiger partial charge >= 0.3 is 5.97 Å². The summed E-state index contributed by atoms with van der Waals surface area (Å²) >= 11 is 0. The number of esters is 1. The van der Waals surface area contributed by atoms with Gasteiger partial charge in [0.05, 0.1) is 6.42 Å². The zero-order valence-corrected chi connectivity index (χ0v) is 24.4. The van der Waals surface area contributed by atoms with Crippen LogP contribution in [-0.2, 0) is 23.9 Å². The van der Waals surface area contributed by atoms with Crippen LogP contribution >= 0.6 is 0 Å². The van der Waals surface area contributed by atoms with Gasteiger partial charge in [0, 0.05) is 24.8 Å². The lowest BCUT2D eigenvalue weighted by atomic mass is 9.46. The molecular formula is C33H47NO6. The van der Waals surface area contributed by atoms with Gasteiger partial charge in [0.1, 0.15) is 5.60 Å². The van der Waals surface area contributed by atoms with E-state index in [-0.39, 0.29) is 35.9 Å². The van der Waals surface area contributed by atoms with E-state index >= 15 is 0 Å². The molecule has 5 aliphatic carbocycles. The Morgan fingerprint density at radius 2 is 1.80 bits per heavy atom. The van der Waals surface area contributed by atoms with Crippen LogP contribution < -0.4 is 5.32 Å². The first-order valence-electron chi connectivity index (χ1n) is 15.7. The summed E-state index contributed by atoms with van der Waals surface area (Å²) in [6, 6.07) is 0. The summed E-state index contributed by atoms with van der Waals surface area (Å²) in [7, 11) is 0. The van der Waals surface area contributed by atoms with Crippen molar-refractivity contribution in [1.29, 1.82) is 0 Å². The van der Waals surface area contributed by atoms with Crippen molar-refractivity contribution in [3.63, 3.8) is 0 Å². The SMILES string of the molecule is C[C@]12CCC(=O)C=C1CC[C@H]1[C@H]3CC[C@](O)(C(=O)COC(=O)CCC(=O)NCCC4=CCCCC4)[C@@]3(C)CC[C@@H]12. The molecule has 2 N–H and O–H groups in total. The summed E-state index contributed by atoms with van der Waals surface area (Å²) in [5.74, 6) is 0.181. The third-order valence-electron chi connectivity index (χ3n) is 11.6. The van der Waals surface area contributed by atoms with E-state index in [1.54, 1.807) is 0 Å². The number of ketones is 2. The number of hydrogen-bond acceptors (Lipinski definition) is 6. The topological polar surface area (TPSA) is 110 Å². The van der Waals surface area contributed by atoms with Crippen LogP contribution in [0, 0.1) is 28.6 Å². The lowest BCUT2D eigenvalue weighted by molar-refractivity contribution is -0.170. The molecule has 0 aromatic heterocycles. The summed E-state index contributed by atoms with van der Waals surface area (Å²) in [5.41, 5.74) is 0.683. The number of aliphatic hydroxyl groups is 1. The predicted molar refractivity (Wildman–Crippen MR) is 151 cm³/mol. The fraction of sp³-hybridized carbons (Fsp3) is 0.758. The third kappa shape index (κ3) is 5.35. The van der Waals surface area contributed by atoms with Crippen LogP contribution in [0.3, 0.4) is 0 Å². The van der Waals surface area contributed by atoms with Crippen LogP contribution in [0.2, 0.25) is 0 Å². The Balaban J connectivity index is 1.11. The number of nitrogens with one attached hydrogen (secondary N) is 1. The second-order valence-electron chi connectivity index (χ2n) is 13.6. The highest BCUT2D eigenvalue weighted by atomic mass is 16.5. The van der Waals surface area contributed by atoms with Gasteiger partial charge in [0.25, 0.3) is 0 Å². The van der Waals surface area contributed by atoms with E-state index in [4.69, 9.17) is 4.74 Å². The molecule has 0 radical (unpaired) electrons. The summed E-state index contributed by atoms with van der Waals surface area (Å²) < 4.78 is 5.28. The zero-order chi connectivity index (χ0) is 28.5. The van der Waals surface area contributed by atoms with Gasteiger partial charge in [-0.15, -0.1) is 0 Å². The van der Waals surface area contributed by atoms with Crippen molar-refractivity contribution in [2.24, 2.45) is 28.6 Å². The number of allylic oxidation sites excluding steroid dienone is 2. The quantitative estimate of drug-likeness (QED) is 0.302.